The molecule has 130 valence electrons. The van der Waals surface area contributed by atoms with E-state index in [0.717, 1.165) is 50.7 Å². The van der Waals surface area contributed by atoms with Crippen LogP contribution in [-0.2, 0) is 0 Å². The first-order chi connectivity index (χ1) is 10.6. The van der Waals surface area contributed by atoms with Gasteiger partial charge in [-0.25, -0.2) is 0 Å². The average molecular weight is 312 g/mol. The number of guanidine groups is 1. The van der Waals surface area contributed by atoms with E-state index in [0.29, 0.717) is 6.04 Å². The first-order valence-electron chi connectivity index (χ1n) is 9.34. The van der Waals surface area contributed by atoms with Crippen molar-refractivity contribution in [2.45, 2.75) is 90.7 Å². The van der Waals surface area contributed by atoms with Gasteiger partial charge < -0.3 is 15.7 Å². The fourth-order valence-corrected chi connectivity index (χ4v) is 2.94. The predicted octanol–water partition coefficient (Wildman–Crippen LogP) is 3.45. The Hall–Kier alpha value is -0.770. The molecule has 1 rings (SSSR count). The number of hydrogen-bond acceptors (Lipinski definition) is 2. The smallest absolute Gasteiger partial charge is 0.191 e. The van der Waals surface area contributed by atoms with Gasteiger partial charge in [0.1, 0.15) is 0 Å². The lowest BCUT2D eigenvalue weighted by atomic mass is 9.93. The van der Waals surface area contributed by atoms with Crippen LogP contribution >= 0.6 is 0 Å². The Bertz CT molecular complexity index is 297. The molecule has 0 unspecified atom stereocenters. The summed E-state index contributed by atoms with van der Waals surface area (Å²) in [7, 11) is 0. The summed E-state index contributed by atoms with van der Waals surface area (Å²) in [6.45, 7) is 8.50. The van der Waals surface area contributed by atoms with Gasteiger partial charge in [0.15, 0.2) is 5.96 Å². The quantitative estimate of drug-likeness (QED) is 0.347. The van der Waals surface area contributed by atoms with E-state index in [1.165, 1.54) is 32.1 Å². The summed E-state index contributed by atoms with van der Waals surface area (Å²) in [6.07, 6.45) is 10.3. The number of aliphatic hydroxyl groups excluding tert-OH is 1. The molecular formula is C18H37N3O. The largest absolute Gasteiger partial charge is 0.393 e. The highest BCUT2D eigenvalue weighted by Gasteiger charge is 2.19. The van der Waals surface area contributed by atoms with Gasteiger partial charge in [0.2, 0.25) is 0 Å². The number of rotatable bonds is 9. The molecule has 0 aliphatic heterocycles. The SMILES string of the molecule is CCNC(=NCCCCCCC(C)C)NC1CCC(O)CC1. The molecule has 0 heterocycles. The second-order valence-electron chi connectivity index (χ2n) is 7.01. The Morgan fingerprint density at radius 3 is 2.41 bits per heavy atom. The van der Waals surface area contributed by atoms with E-state index in [1.54, 1.807) is 0 Å². The fourth-order valence-electron chi connectivity index (χ4n) is 2.94. The van der Waals surface area contributed by atoms with E-state index in [4.69, 9.17) is 4.99 Å². The number of hydrogen-bond donors (Lipinski definition) is 3. The Labute approximate surface area is 137 Å². The molecule has 1 fully saturated rings. The van der Waals surface area contributed by atoms with E-state index < -0.39 is 0 Å². The third-order valence-corrected chi connectivity index (χ3v) is 4.34. The second kappa shape index (κ2) is 11.8. The van der Waals surface area contributed by atoms with Gasteiger partial charge >= 0.3 is 0 Å². The highest BCUT2D eigenvalue weighted by Crippen LogP contribution is 2.18. The standard InChI is InChI=1S/C18H37N3O/c1-4-19-18(21-16-10-12-17(22)13-11-16)20-14-8-6-5-7-9-15(2)3/h15-17,22H,4-14H2,1-3H3,(H2,19,20,21). The van der Waals surface area contributed by atoms with Gasteiger partial charge in [0.25, 0.3) is 0 Å². The van der Waals surface area contributed by atoms with Crippen LogP contribution in [0, 0.1) is 5.92 Å². The minimum absolute atomic E-state index is 0.0941. The molecule has 0 aromatic rings. The van der Waals surface area contributed by atoms with E-state index in [2.05, 4.69) is 31.4 Å². The van der Waals surface area contributed by atoms with Gasteiger partial charge in [-0.2, -0.15) is 0 Å². The molecule has 0 bridgehead atoms. The summed E-state index contributed by atoms with van der Waals surface area (Å²) >= 11 is 0. The van der Waals surface area contributed by atoms with Gasteiger partial charge in [0.05, 0.1) is 6.10 Å². The van der Waals surface area contributed by atoms with Crippen LogP contribution in [0.3, 0.4) is 0 Å². The number of aliphatic imine (C=N–C) groups is 1. The van der Waals surface area contributed by atoms with Crippen LogP contribution in [0.4, 0.5) is 0 Å². The van der Waals surface area contributed by atoms with Gasteiger partial charge in [-0.3, -0.25) is 4.99 Å². The minimum atomic E-state index is -0.0941. The van der Waals surface area contributed by atoms with E-state index in [1.807, 2.05) is 0 Å². The van der Waals surface area contributed by atoms with Crippen LogP contribution in [0.1, 0.15) is 78.6 Å². The van der Waals surface area contributed by atoms with E-state index >= 15 is 0 Å². The molecule has 4 nitrogen and oxygen atoms in total. The van der Waals surface area contributed by atoms with Crippen LogP contribution in [0.25, 0.3) is 0 Å². The molecule has 0 aromatic heterocycles. The molecule has 0 radical (unpaired) electrons. The maximum atomic E-state index is 9.57. The third kappa shape index (κ3) is 9.29. The van der Waals surface area contributed by atoms with E-state index in [9.17, 15) is 5.11 Å². The van der Waals surface area contributed by atoms with Gasteiger partial charge in [-0.1, -0.05) is 39.5 Å². The lowest BCUT2D eigenvalue weighted by Crippen LogP contribution is -2.45. The van der Waals surface area contributed by atoms with Crippen LogP contribution in [-0.4, -0.2) is 36.3 Å². The molecule has 1 saturated carbocycles. The Kier molecular flexibility index (Phi) is 10.3. The highest BCUT2D eigenvalue weighted by molar-refractivity contribution is 5.80. The maximum absolute atomic E-state index is 9.57. The fraction of sp³-hybridized carbons (Fsp3) is 0.944. The number of nitrogens with one attached hydrogen (secondary N) is 2. The minimum Gasteiger partial charge on any atom is -0.393 e. The summed E-state index contributed by atoms with van der Waals surface area (Å²) in [5.74, 6) is 1.78. The molecule has 1 aliphatic rings. The zero-order valence-corrected chi connectivity index (χ0v) is 14.9. The van der Waals surface area contributed by atoms with Gasteiger partial charge in [0, 0.05) is 19.1 Å². The Balaban J connectivity index is 2.18. The number of aliphatic hydroxyl groups is 1. The Morgan fingerprint density at radius 1 is 1.09 bits per heavy atom. The van der Waals surface area contributed by atoms with Crippen LogP contribution < -0.4 is 10.6 Å². The summed E-state index contributed by atoms with van der Waals surface area (Å²) in [5, 5.41) is 16.4. The van der Waals surface area contributed by atoms with Crippen molar-refractivity contribution < 1.29 is 5.11 Å². The van der Waals surface area contributed by atoms with Crippen LogP contribution in [0.2, 0.25) is 0 Å². The molecule has 0 spiro atoms. The second-order valence-corrected chi connectivity index (χ2v) is 7.01. The average Bonchev–Trinajstić information content (AvgIpc) is 2.48. The lowest BCUT2D eigenvalue weighted by molar-refractivity contribution is 0.120. The van der Waals surface area contributed by atoms with E-state index in [-0.39, 0.29) is 6.10 Å². The molecule has 0 saturated heterocycles. The molecule has 1 aliphatic carbocycles. The summed E-state index contributed by atoms with van der Waals surface area (Å²) < 4.78 is 0. The van der Waals surface area contributed by atoms with Crippen molar-refractivity contribution in [3.63, 3.8) is 0 Å². The molecule has 0 aromatic carbocycles. The first kappa shape index (κ1) is 19.3. The normalized spacial score (nSPS) is 22.9. The molecule has 22 heavy (non-hydrogen) atoms. The summed E-state index contributed by atoms with van der Waals surface area (Å²) in [4.78, 5) is 4.69. The first-order valence-corrected chi connectivity index (χ1v) is 9.34. The van der Waals surface area contributed by atoms with Crippen molar-refractivity contribution in [1.29, 1.82) is 0 Å². The summed E-state index contributed by atoms with van der Waals surface area (Å²) in [6, 6.07) is 0.465. The topological polar surface area (TPSA) is 56.7 Å². The maximum Gasteiger partial charge on any atom is 0.191 e. The Morgan fingerprint density at radius 2 is 1.77 bits per heavy atom. The zero-order chi connectivity index (χ0) is 16.2. The van der Waals surface area contributed by atoms with Crippen molar-refractivity contribution in [2.24, 2.45) is 10.9 Å². The highest BCUT2D eigenvalue weighted by atomic mass is 16.3. The van der Waals surface area contributed by atoms with Crippen molar-refractivity contribution in [3.05, 3.63) is 0 Å². The molecular weight excluding hydrogens is 274 g/mol. The van der Waals surface area contributed by atoms with Crippen LogP contribution in [0.5, 0.6) is 0 Å². The monoisotopic (exact) mass is 311 g/mol. The summed E-state index contributed by atoms with van der Waals surface area (Å²) in [5.41, 5.74) is 0. The van der Waals surface area contributed by atoms with Gasteiger partial charge in [-0.05, 0) is 44.9 Å². The molecule has 4 heteroatoms. The number of nitrogens with zero attached hydrogens (tertiary/aromatic N) is 1. The molecule has 0 atom stereocenters. The van der Waals surface area contributed by atoms with Crippen molar-refractivity contribution >= 4 is 5.96 Å². The van der Waals surface area contributed by atoms with Crippen molar-refractivity contribution in [3.8, 4) is 0 Å². The molecule has 3 N–H and O–H groups in total. The predicted molar refractivity (Wildman–Crippen MR) is 95.3 cm³/mol. The third-order valence-electron chi connectivity index (χ3n) is 4.34. The van der Waals surface area contributed by atoms with Crippen molar-refractivity contribution in [1.82, 2.24) is 10.6 Å². The lowest BCUT2D eigenvalue weighted by Gasteiger charge is -2.27. The molecule has 0 amide bonds. The van der Waals surface area contributed by atoms with Gasteiger partial charge in [-0.15, -0.1) is 0 Å². The van der Waals surface area contributed by atoms with Crippen molar-refractivity contribution in [2.75, 3.05) is 13.1 Å². The van der Waals surface area contributed by atoms with Crippen LogP contribution in [0.15, 0.2) is 4.99 Å². The zero-order valence-electron chi connectivity index (χ0n) is 14.9. The number of unbranched alkanes of at least 4 members (excludes halogenated alkanes) is 3.